The van der Waals surface area contributed by atoms with Crippen molar-refractivity contribution in [1.82, 2.24) is 5.32 Å². The minimum Gasteiger partial charge on any atom is -1.00 e. The van der Waals surface area contributed by atoms with Crippen molar-refractivity contribution in [1.29, 1.82) is 0 Å². The SMILES string of the molecule is [Cl-].c1cc[n+](C[C@@H]2CCCN2)cc1. The van der Waals surface area contributed by atoms with Gasteiger partial charge in [0, 0.05) is 12.1 Å². The molecule has 1 aliphatic rings. The molecule has 1 aromatic heterocycles. The highest BCUT2D eigenvalue weighted by Gasteiger charge is 2.17. The standard InChI is InChI=1S/C10H15N2.ClH/c1-2-7-12(8-3-1)9-10-5-4-6-11-10;/h1-3,7-8,10-11H,4-6,9H2;1H/q+1;/p-1/t10-;/m0./s1. The van der Waals surface area contributed by atoms with Gasteiger partial charge in [0.1, 0.15) is 0 Å². The summed E-state index contributed by atoms with van der Waals surface area (Å²) < 4.78 is 2.24. The fourth-order valence-corrected chi connectivity index (χ4v) is 1.72. The summed E-state index contributed by atoms with van der Waals surface area (Å²) in [4.78, 5) is 0. The molecule has 2 nitrogen and oxygen atoms in total. The lowest BCUT2D eigenvalue weighted by molar-refractivity contribution is -0.699. The first-order valence-electron chi connectivity index (χ1n) is 4.62. The maximum Gasteiger partial charge on any atom is 0.168 e. The van der Waals surface area contributed by atoms with Crippen LogP contribution in [0.5, 0.6) is 0 Å². The van der Waals surface area contributed by atoms with Crippen LogP contribution < -0.4 is 22.3 Å². The quantitative estimate of drug-likeness (QED) is 0.531. The van der Waals surface area contributed by atoms with Crippen LogP contribution in [-0.2, 0) is 6.54 Å². The van der Waals surface area contributed by atoms with Gasteiger partial charge in [-0.25, -0.2) is 4.57 Å². The summed E-state index contributed by atoms with van der Waals surface area (Å²) in [5.41, 5.74) is 0. The van der Waals surface area contributed by atoms with Gasteiger partial charge in [0.15, 0.2) is 18.9 Å². The average molecular weight is 199 g/mol. The van der Waals surface area contributed by atoms with Crippen molar-refractivity contribution in [3.05, 3.63) is 30.6 Å². The van der Waals surface area contributed by atoms with Gasteiger partial charge < -0.3 is 17.7 Å². The van der Waals surface area contributed by atoms with Crippen LogP contribution in [0.4, 0.5) is 0 Å². The lowest BCUT2D eigenvalue weighted by Gasteiger charge is -2.04. The van der Waals surface area contributed by atoms with Crippen molar-refractivity contribution < 1.29 is 17.0 Å². The van der Waals surface area contributed by atoms with E-state index in [2.05, 4.69) is 40.5 Å². The molecule has 1 saturated heterocycles. The van der Waals surface area contributed by atoms with Gasteiger partial charge in [-0.05, 0) is 19.4 Å². The third kappa shape index (κ3) is 2.98. The van der Waals surface area contributed by atoms with Crippen molar-refractivity contribution >= 4 is 0 Å². The fraction of sp³-hybridized carbons (Fsp3) is 0.500. The number of hydrogen-bond acceptors (Lipinski definition) is 1. The van der Waals surface area contributed by atoms with Gasteiger partial charge in [-0.3, -0.25) is 0 Å². The zero-order valence-corrected chi connectivity index (χ0v) is 8.37. The van der Waals surface area contributed by atoms with E-state index >= 15 is 0 Å². The van der Waals surface area contributed by atoms with Crippen LogP contribution in [-0.4, -0.2) is 12.6 Å². The van der Waals surface area contributed by atoms with Gasteiger partial charge >= 0.3 is 0 Å². The number of aromatic nitrogens is 1. The third-order valence-electron chi connectivity index (χ3n) is 2.37. The van der Waals surface area contributed by atoms with E-state index in [4.69, 9.17) is 0 Å². The Bertz CT molecular complexity index is 232. The van der Waals surface area contributed by atoms with Crippen LogP contribution >= 0.6 is 0 Å². The van der Waals surface area contributed by atoms with E-state index in [1.54, 1.807) is 0 Å². The smallest absolute Gasteiger partial charge is 0.168 e. The summed E-state index contributed by atoms with van der Waals surface area (Å²) in [5, 5.41) is 3.48. The number of pyridine rings is 1. The zero-order chi connectivity index (χ0) is 8.23. The number of halogens is 1. The first kappa shape index (κ1) is 10.5. The molecule has 13 heavy (non-hydrogen) atoms. The molecule has 2 heterocycles. The van der Waals surface area contributed by atoms with Crippen LogP contribution in [0.1, 0.15) is 12.8 Å². The minimum absolute atomic E-state index is 0. The second-order valence-electron chi connectivity index (χ2n) is 3.37. The van der Waals surface area contributed by atoms with E-state index in [-0.39, 0.29) is 12.4 Å². The number of nitrogens with zero attached hydrogens (tertiary/aromatic N) is 1. The first-order chi connectivity index (χ1) is 5.95. The van der Waals surface area contributed by atoms with Gasteiger partial charge in [0.05, 0.1) is 6.04 Å². The Hall–Kier alpha value is -0.600. The molecule has 1 aliphatic heterocycles. The molecule has 0 bridgehead atoms. The van der Waals surface area contributed by atoms with E-state index in [0.29, 0.717) is 6.04 Å². The third-order valence-corrected chi connectivity index (χ3v) is 2.37. The van der Waals surface area contributed by atoms with Gasteiger partial charge in [-0.2, -0.15) is 0 Å². The van der Waals surface area contributed by atoms with E-state index in [0.717, 1.165) is 6.54 Å². The van der Waals surface area contributed by atoms with E-state index in [1.165, 1.54) is 19.4 Å². The van der Waals surface area contributed by atoms with Crippen molar-refractivity contribution in [3.63, 3.8) is 0 Å². The van der Waals surface area contributed by atoms with E-state index < -0.39 is 0 Å². The van der Waals surface area contributed by atoms with Crippen LogP contribution in [0.2, 0.25) is 0 Å². The Morgan fingerprint density at radius 3 is 2.62 bits per heavy atom. The Kier molecular flexibility index (Phi) is 4.19. The zero-order valence-electron chi connectivity index (χ0n) is 7.62. The fourth-order valence-electron chi connectivity index (χ4n) is 1.72. The lowest BCUT2D eigenvalue weighted by atomic mass is 10.2. The molecule has 0 saturated carbocycles. The molecule has 72 valence electrons. The van der Waals surface area contributed by atoms with Gasteiger partial charge in [0.25, 0.3) is 0 Å². The van der Waals surface area contributed by atoms with E-state index in [1.807, 2.05) is 0 Å². The van der Waals surface area contributed by atoms with Gasteiger partial charge in [-0.15, -0.1) is 0 Å². The molecule has 0 aliphatic carbocycles. The monoisotopic (exact) mass is 198 g/mol. The Morgan fingerprint density at radius 1 is 1.23 bits per heavy atom. The van der Waals surface area contributed by atoms with Crippen LogP contribution in [0.15, 0.2) is 30.6 Å². The maximum atomic E-state index is 3.48. The Balaban J connectivity index is 0.000000845. The minimum atomic E-state index is 0. The normalized spacial score (nSPS) is 21.1. The molecule has 1 atom stereocenters. The molecular weight excluding hydrogens is 184 g/mol. The van der Waals surface area contributed by atoms with Crippen molar-refractivity contribution in [2.24, 2.45) is 0 Å². The summed E-state index contributed by atoms with van der Waals surface area (Å²) in [7, 11) is 0. The van der Waals surface area contributed by atoms with Crippen molar-refractivity contribution in [2.75, 3.05) is 6.54 Å². The Morgan fingerprint density at radius 2 is 2.00 bits per heavy atom. The average Bonchev–Trinajstić information content (AvgIpc) is 2.59. The summed E-state index contributed by atoms with van der Waals surface area (Å²) in [6, 6.07) is 6.90. The molecule has 0 spiro atoms. The van der Waals surface area contributed by atoms with Crippen molar-refractivity contribution in [2.45, 2.75) is 25.4 Å². The molecule has 0 radical (unpaired) electrons. The molecule has 0 amide bonds. The molecule has 1 fully saturated rings. The highest BCUT2D eigenvalue weighted by Crippen LogP contribution is 2.03. The largest absolute Gasteiger partial charge is 1.00 e. The lowest BCUT2D eigenvalue weighted by Crippen LogP contribution is -3.00. The summed E-state index contributed by atoms with van der Waals surface area (Å²) >= 11 is 0. The molecular formula is C10H15ClN2. The van der Waals surface area contributed by atoms with Crippen LogP contribution in [0.3, 0.4) is 0 Å². The first-order valence-corrected chi connectivity index (χ1v) is 4.62. The highest BCUT2D eigenvalue weighted by molar-refractivity contribution is 4.84. The van der Waals surface area contributed by atoms with Crippen LogP contribution in [0.25, 0.3) is 0 Å². The molecule has 1 aromatic rings. The predicted molar refractivity (Wildman–Crippen MR) is 47.7 cm³/mol. The van der Waals surface area contributed by atoms with Crippen LogP contribution in [0, 0.1) is 0 Å². The van der Waals surface area contributed by atoms with Gasteiger partial charge in [-0.1, -0.05) is 6.07 Å². The second-order valence-corrected chi connectivity index (χ2v) is 3.37. The van der Waals surface area contributed by atoms with E-state index in [9.17, 15) is 0 Å². The maximum absolute atomic E-state index is 3.48. The molecule has 0 unspecified atom stereocenters. The molecule has 1 N–H and O–H groups in total. The topological polar surface area (TPSA) is 15.9 Å². The molecule has 2 rings (SSSR count). The van der Waals surface area contributed by atoms with Gasteiger partial charge in [0.2, 0.25) is 0 Å². The molecule has 0 aromatic carbocycles. The second kappa shape index (κ2) is 5.20. The highest BCUT2D eigenvalue weighted by atomic mass is 35.5. The number of rotatable bonds is 2. The number of nitrogens with one attached hydrogen (secondary N) is 1. The summed E-state index contributed by atoms with van der Waals surface area (Å²) in [5.74, 6) is 0. The van der Waals surface area contributed by atoms with Crippen molar-refractivity contribution in [3.8, 4) is 0 Å². The molecule has 3 heteroatoms. The number of hydrogen-bond donors (Lipinski definition) is 1. The summed E-state index contributed by atoms with van der Waals surface area (Å²) in [6.07, 6.45) is 6.90. The summed E-state index contributed by atoms with van der Waals surface area (Å²) in [6.45, 7) is 2.30. The predicted octanol–water partition coefficient (Wildman–Crippen LogP) is -2.27. The Labute approximate surface area is 85.4 Å².